The van der Waals surface area contributed by atoms with Gasteiger partial charge in [-0.05, 0) is 10.8 Å². The molecule has 2 rings (SSSR count). The lowest BCUT2D eigenvalue weighted by atomic mass is 9.81. The van der Waals surface area contributed by atoms with Crippen LogP contribution in [0.15, 0.2) is 12.1 Å². The van der Waals surface area contributed by atoms with E-state index in [0.717, 1.165) is 17.9 Å². The Kier molecular flexibility index (Phi) is 3.35. The Morgan fingerprint density at radius 2 is 1.20 bits per heavy atom. The summed E-state index contributed by atoms with van der Waals surface area (Å²) in [4.78, 5) is 0. The van der Waals surface area contributed by atoms with Gasteiger partial charge >= 0.3 is 0 Å². The van der Waals surface area contributed by atoms with E-state index in [0.29, 0.717) is 0 Å². The quantitative estimate of drug-likeness (QED) is 0.703. The number of rotatable bonds is 1. The van der Waals surface area contributed by atoms with E-state index < -0.39 is 5.79 Å². The van der Waals surface area contributed by atoms with Crippen molar-refractivity contribution in [3.05, 3.63) is 23.3 Å². The fourth-order valence-corrected chi connectivity index (χ4v) is 2.54. The molecule has 0 aliphatic carbocycles. The van der Waals surface area contributed by atoms with Gasteiger partial charge in [-0.15, -0.1) is 0 Å². The van der Waals surface area contributed by atoms with Gasteiger partial charge in [-0.25, -0.2) is 0 Å². The van der Waals surface area contributed by atoms with Gasteiger partial charge in [-0.2, -0.15) is 0 Å². The molecular formula is C18H28O2. The summed E-state index contributed by atoms with van der Waals surface area (Å²) in [5.74, 6) is 1.34. The topological polar surface area (TPSA) is 18.5 Å². The second-order valence-corrected chi connectivity index (χ2v) is 8.01. The third kappa shape index (κ3) is 2.53. The lowest BCUT2D eigenvalue weighted by Crippen LogP contribution is -2.34. The van der Waals surface area contributed by atoms with Gasteiger partial charge < -0.3 is 9.47 Å². The van der Waals surface area contributed by atoms with Crippen LogP contribution in [0.4, 0.5) is 0 Å². The van der Waals surface area contributed by atoms with Crippen molar-refractivity contribution in [1.29, 1.82) is 0 Å². The third-order valence-electron chi connectivity index (χ3n) is 4.01. The van der Waals surface area contributed by atoms with Crippen molar-refractivity contribution in [2.24, 2.45) is 0 Å². The predicted octanol–water partition coefficient (Wildman–Crippen LogP) is 5.18. The van der Waals surface area contributed by atoms with Crippen LogP contribution < -0.4 is 9.47 Å². The Balaban J connectivity index is 2.65. The molecule has 1 aliphatic heterocycles. The molecule has 0 atom stereocenters. The number of fused-ring (bicyclic) bond motifs is 1. The monoisotopic (exact) mass is 276 g/mol. The molecule has 0 aromatic heterocycles. The van der Waals surface area contributed by atoms with Gasteiger partial charge in [0.2, 0.25) is 5.79 Å². The van der Waals surface area contributed by atoms with Gasteiger partial charge in [0.15, 0.2) is 11.5 Å². The van der Waals surface area contributed by atoms with Crippen LogP contribution in [0.2, 0.25) is 0 Å². The normalized spacial score (nSPS) is 17.4. The highest BCUT2D eigenvalue weighted by Gasteiger charge is 2.41. The molecule has 1 heterocycles. The average molecular weight is 276 g/mol. The third-order valence-corrected chi connectivity index (χ3v) is 4.01. The van der Waals surface area contributed by atoms with E-state index in [1.165, 1.54) is 11.1 Å². The van der Waals surface area contributed by atoms with Crippen molar-refractivity contribution in [2.75, 3.05) is 0 Å². The molecule has 0 amide bonds. The predicted molar refractivity (Wildman–Crippen MR) is 83.8 cm³/mol. The highest BCUT2D eigenvalue weighted by molar-refractivity contribution is 5.58. The maximum atomic E-state index is 6.21. The van der Waals surface area contributed by atoms with E-state index in [1.54, 1.807) is 0 Å². The van der Waals surface area contributed by atoms with Crippen LogP contribution in [0.1, 0.15) is 72.9 Å². The fourth-order valence-electron chi connectivity index (χ4n) is 2.54. The number of benzene rings is 1. The molecule has 0 radical (unpaired) electrons. The fraction of sp³-hybridized carbons (Fsp3) is 0.667. The molecule has 0 spiro atoms. The van der Waals surface area contributed by atoms with Crippen molar-refractivity contribution in [3.8, 4) is 11.5 Å². The minimum atomic E-state index is -0.538. The van der Waals surface area contributed by atoms with Crippen molar-refractivity contribution in [3.63, 3.8) is 0 Å². The Hall–Kier alpha value is -1.18. The Labute approximate surface area is 123 Å². The first-order valence-electron chi connectivity index (χ1n) is 7.54. The summed E-state index contributed by atoms with van der Waals surface area (Å²) in [6, 6.07) is 4.40. The highest BCUT2D eigenvalue weighted by atomic mass is 16.7. The summed E-state index contributed by atoms with van der Waals surface area (Å²) < 4.78 is 12.4. The summed E-state index contributed by atoms with van der Waals surface area (Å²) in [5.41, 5.74) is 2.53. The maximum absolute atomic E-state index is 6.21. The lowest BCUT2D eigenvalue weighted by molar-refractivity contribution is -0.0650. The number of hydrogen-bond acceptors (Lipinski definition) is 2. The smallest absolute Gasteiger partial charge is 0.248 e. The first-order valence-corrected chi connectivity index (χ1v) is 7.54. The van der Waals surface area contributed by atoms with Gasteiger partial charge in [0.05, 0.1) is 0 Å². The first-order chi connectivity index (χ1) is 8.98. The van der Waals surface area contributed by atoms with Crippen LogP contribution >= 0.6 is 0 Å². The van der Waals surface area contributed by atoms with Gasteiger partial charge in [-0.1, -0.05) is 60.6 Å². The van der Waals surface area contributed by atoms with E-state index in [1.807, 2.05) is 6.92 Å². The van der Waals surface area contributed by atoms with Crippen LogP contribution in [-0.4, -0.2) is 5.79 Å². The minimum absolute atomic E-state index is 0.0445. The van der Waals surface area contributed by atoms with E-state index in [9.17, 15) is 0 Å². The molecule has 0 bridgehead atoms. The maximum Gasteiger partial charge on any atom is 0.248 e. The standard InChI is InChI=1S/C18H28O2/c1-9-18(8)19-14-12(16(2,3)4)10-11-13(15(14)20-18)17(5,6)7/h10-11H,9H2,1-8H3. The molecule has 0 N–H and O–H groups in total. The summed E-state index contributed by atoms with van der Waals surface area (Å²) in [7, 11) is 0. The second-order valence-electron chi connectivity index (χ2n) is 8.01. The SMILES string of the molecule is CCC1(C)Oc2c(C(C)(C)C)ccc(C(C)(C)C)c2O1. The molecule has 20 heavy (non-hydrogen) atoms. The zero-order valence-electron chi connectivity index (χ0n) is 14.2. The largest absolute Gasteiger partial charge is 0.448 e. The summed E-state index contributed by atoms with van der Waals surface area (Å²) in [6.45, 7) is 17.4. The van der Waals surface area contributed by atoms with E-state index in [4.69, 9.17) is 9.47 Å². The van der Waals surface area contributed by atoms with Crippen LogP contribution in [-0.2, 0) is 10.8 Å². The molecule has 0 fully saturated rings. The molecule has 1 aromatic rings. The Morgan fingerprint density at radius 1 is 0.850 bits per heavy atom. The molecule has 0 unspecified atom stereocenters. The first kappa shape index (κ1) is 15.2. The molecule has 1 aromatic carbocycles. The average Bonchev–Trinajstić information content (AvgIpc) is 2.62. The van der Waals surface area contributed by atoms with Crippen LogP contribution in [0.25, 0.3) is 0 Å². The molecule has 2 heteroatoms. The van der Waals surface area contributed by atoms with Crippen LogP contribution in [0.5, 0.6) is 11.5 Å². The molecule has 0 saturated heterocycles. The van der Waals surface area contributed by atoms with Crippen molar-refractivity contribution in [1.82, 2.24) is 0 Å². The van der Waals surface area contributed by atoms with Crippen LogP contribution in [0, 0.1) is 0 Å². The number of hydrogen-bond donors (Lipinski definition) is 0. The summed E-state index contributed by atoms with van der Waals surface area (Å²) >= 11 is 0. The van der Waals surface area contributed by atoms with E-state index in [2.05, 4.69) is 60.6 Å². The van der Waals surface area contributed by atoms with E-state index >= 15 is 0 Å². The van der Waals surface area contributed by atoms with Gasteiger partial charge in [0.25, 0.3) is 0 Å². The molecular weight excluding hydrogens is 248 g/mol. The minimum Gasteiger partial charge on any atom is -0.448 e. The highest BCUT2D eigenvalue weighted by Crippen LogP contribution is 2.51. The van der Waals surface area contributed by atoms with Crippen molar-refractivity contribution >= 4 is 0 Å². The van der Waals surface area contributed by atoms with Crippen molar-refractivity contribution < 1.29 is 9.47 Å². The van der Waals surface area contributed by atoms with Gasteiger partial charge in [0.1, 0.15) is 0 Å². The van der Waals surface area contributed by atoms with Gasteiger partial charge in [-0.3, -0.25) is 0 Å². The molecule has 112 valence electrons. The summed E-state index contributed by atoms with van der Waals surface area (Å²) in [6.07, 6.45) is 0.828. The Morgan fingerprint density at radius 3 is 1.45 bits per heavy atom. The number of ether oxygens (including phenoxy) is 2. The van der Waals surface area contributed by atoms with Gasteiger partial charge in [0, 0.05) is 24.5 Å². The second kappa shape index (κ2) is 4.41. The molecule has 1 aliphatic rings. The molecule has 2 nitrogen and oxygen atoms in total. The molecule has 0 saturated carbocycles. The Bertz CT molecular complexity index is 472. The van der Waals surface area contributed by atoms with Crippen molar-refractivity contribution in [2.45, 2.75) is 78.4 Å². The zero-order valence-corrected chi connectivity index (χ0v) is 14.2. The van der Waals surface area contributed by atoms with E-state index in [-0.39, 0.29) is 10.8 Å². The van der Waals surface area contributed by atoms with Crippen LogP contribution in [0.3, 0.4) is 0 Å². The summed E-state index contributed by atoms with van der Waals surface area (Å²) in [5, 5.41) is 0. The zero-order chi connectivity index (χ0) is 15.3. The lowest BCUT2D eigenvalue weighted by Gasteiger charge is -2.25.